The molecule has 5 heterocycles. The van der Waals surface area contributed by atoms with Crippen LogP contribution in [0.15, 0.2) is 60.9 Å². The first-order chi connectivity index (χ1) is 20.4. The van der Waals surface area contributed by atoms with Gasteiger partial charge in [0.1, 0.15) is 23.6 Å². The van der Waals surface area contributed by atoms with Crippen LogP contribution in [-0.2, 0) is 7.05 Å². The summed E-state index contributed by atoms with van der Waals surface area (Å²) in [5.41, 5.74) is 7.45. The number of aldehydes is 1. The Morgan fingerprint density at radius 2 is 1.76 bits per heavy atom. The lowest BCUT2D eigenvalue weighted by atomic mass is 10.0. The fourth-order valence-electron chi connectivity index (χ4n) is 5.13. The molecule has 0 atom stereocenters. The molecule has 218 valence electrons. The highest BCUT2D eigenvalue weighted by atomic mass is 16.3. The van der Waals surface area contributed by atoms with Gasteiger partial charge in [-0.25, -0.2) is 9.50 Å². The van der Waals surface area contributed by atoms with Gasteiger partial charge in [-0.05, 0) is 38.1 Å². The van der Waals surface area contributed by atoms with Crippen LogP contribution in [0.3, 0.4) is 0 Å². The van der Waals surface area contributed by atoms with E-state index in [0.29, 0.717) is 12.1 Å². The molecule has 0 spiro atoms. The lowest BCUT2D eigenvalue weighted by Crippen LogP contribution is -2.47. The van der Waals surface area contributed by atoms with E-state index in [0.717, 1.165) is 78.0 Å². The lowest BCUT2D eigenvalue weighted by Gasteiger charge is -2.36. The van der Waals surface area contributed by atoms with Crippen molar-refractivity contribution in [3.8, 4) is 22.5 Å². The number of aromatic nitrogens is 6. The van der Waals surface area contributed by atoms with Crippen LogP contribution in [0, 0.1) is 13.8 Å². The Labute approximate surface area is 245 Å². The number of hydrogen-bond donors (Lipinski definition) is 2. The highest BCUT2D eigenvalue weighted by molar-refractivity contribution is 5.88. The minimum Gasteiger partial charge on any atom is -0.395 e. The largest absolute Gasteiger partial charge is 0.395 e. The molecule has 1 aromatic carbocycles. The number of benzene rings is 1. The maximum atomic E-state index is 10.1. The number of aliphatic hydroxyl groups is 1. The smallest absolute Gasteiger partial charge is 0.156 e. The van der Waals surface area contributed by atoms with E-state index in [1.165, 1.54) is 5.56 Å². The average molecular weight is 568 g/mol. The number of hydrogen-bond acceptors (Lipinski definition) is 9. The predicted molar refractivity (Wildman–Crippen MR) is 165 cm³/mol. The number of imidazole rings is 1. The van der Waals surface area contributed by atoms with Crippen LogP contribution in [0.1, 0.15) is 21.6 Å². The van der Waals surface area contributed by atoms with E-state index in [1.54, 1.807) is 18.3 Å². The van der Waals surface area contributed by atoms with Crippen molar-refractivity contribution in [1.82, 2.24) is 34.3 Å². The normalized spacial score (nSPS) is 13.6. The number of β-amino-alcohol motifs (C(OH)–C–C–N with tert-alkyl or cyclic N) is 1. The molecule has 42 heavy (non-hydrogen) atoms. The minimum atomic E-state index is 0.192. The predicted octanol–water partition coefficient (Wildman–Crippen LogP) is 3.46. The SMILES string of the molecule is CNc1cn2nc(-c3c(-c4ccc(C)cc4)nn(C)c3N3CCN(CCO)CC3)ccc2n1.Cc1cc(C=O)ccn1. The third-order valence-corrected chi connectivity index (χ3v) is 7.32. The number of rotatable bonds is 7. The summed E-state index contributed by atoms with van der Waals surface area (Å²) in [6.45, 7) is 8.41. The number of carbonyl (C=O) groups excluding carboxylic acids is 1. The van der Waals surface area contributed by atoms with Gasteiger partial charge in [-0.1, -0.05) is 29.8 Å². The number of piperazine rings is 1. The summed E-state index contributed by atoms with van der Waals surface area (Å²) < 4.78 is 3.79. The van der Waals surface area contributed by atoms with Crippen molar-refractivity contribution in [1.29, 1.82) is 0 Å². The summed E-state index contributed by atoms with van der Waals surface area (Å²) in [7, 11) is 3.86. The van der Waals surface area contributed by atoms with E-state index in [-0.39, 0.29) is 6.61 Å². The van der Waals surface area contributed by atoms with Crippen molar-refractivity contribution in [2.75, 3.05) is 56.6 Å². The Hall–Kier alpha value is -4.61. The van der Waals surface area contributed by atoms with Crippen molar-refractivity contribution in [2.45, 2.75) is 13.8 Å². The van der Waals surface area contributed by atoms with Gasteiger partial charge in [-0.3, -0.25) is 19.4 Å². The second kappa shape index (κ2) is 12.9. The summed E-state index contributed by atoms with van der Waals surface area (Å²) >= 11 is 0. The lowest BCUT2D eigenvalue weighted by molar-refractivity contribution is 0.112. The van der Waals surface area contributed by atoms with Crippen molar-refractivity contribution >= 4 is 23.6 Å². The van der Waals surface area contributed by atoms with Crippen molar-refractivity contribution in [3.63, 3.8) is 0 Å². The maximum Gasteiger partial charge on any atom is 0.156 e. The Kier molecular flexibility index (Phi) is 8.89. The van der Waals surface area contributed by atoms with Crippen molar-refractivity contribution in [2.24, 2.45) is 7.05 Å². The molecule has 5 aromatic rings. The van der Waals surface area contributed by atoms with Crippen LogP contribution in [0.5, 0.6) is 0 Å². The zero-order valence-corrected chi connectivity index (χ0v) is 24.5. The Morgan fingerprint density at radius 3 is 2.40 bits per heavy atom. The number of carbonyl (C=O) groups is 1. The number of pyridine rings is 1. The van der Waals surface area contributed by atoms with Crippen LogP contribution in [0.4, 0.5) is 11.6 Å². The quantitative estimate of drug-likeness (QED) is 0.285. The molecule has 11 nitrogen and oxygen atoms in total. The summed E-state index contributed by atoms with van der Waals surface area (Å²) in [5.74, 6) is 1.85. The zero-order chi connectivity index (χ0) is 29.6. The second-order valence-corrected chi connectivity index (χ2v) is 10.3. The standard InChI is InChI=1S/C24H30N8O.C7H7NO/c1-17-4-6-18(7-5-17)23-22(19-8-9-21-26-20(25-2)16-32(21)27-19)24(29(3)28-23)31-12-10-30(11-13-31)14-15-33;1-6-4-7(5-9)2-3-8-6/h4-9,16,25,33H,10-15H2,1-3H3;2-5H,1H3. The molecule has 0 bridgehead atoms. The summed E-state index contributed by atoms with van der Waals surface area (Å²) in [6, 6.07) is 15.9. The fraction of sp³-hybridized carbons (Fsp3) is 0.323. The highest BCUT2D eigenvalue weighted by Crippen LogP contribution is 2.39. The molecule has 0 aliphatic carbocycles. The van der Waals surface area contributed by atoms with Gasteiger partial charge in [0.05, 0.1) is 24.1 Å². The topological polar surface area (TPSA) is 117 Å². The Morgan fingerprint density at radius 1 is 1.00 bits per heavy atom. The summed E-state index contributed by atoms with van der Waals surface area (Å²) in [6.07, 6.45) is 4.34. The molecule has 11 heteroatoms. The van der Waals surface area contributed by atoms with Crippen LogP contribution in [0.2, 0.25) is 0 Å². The Bertz CT molecular complexity index is 1650. The molecule has 4 aromatic heterocycles. The molecule has 1 fully saturated rings. The van der Waals surface area contributed by atoms with Crippen LogP contribution in [0.25, 0.3) is 28.2 Å². The van der Waals surface area contributed by atoms with E-state index >= 15 is 0 Å². The van der Waals surface area contributed by atoms with Gasteiger partial charge in [-0.15, -0.1) is 0 Å². The van der Waals surface area contributed by atoms with Crippen molar-refractivity contribution in [3.05, 3.63) is 77.7 Å². The highest BCUT2D eigenvalue weighted by Gasteiger charge is 2.27. The van der Waals surface area contributed by atoms with Gasteiger partial charge in [0, 0.05) is 69.8 Å². The first kappa shape index (κ1) is 28.9. The molecule has 0 radical (unpaired) electrons. The Balaban J connectivity index is 0.000000336. The van der Waals surface area contributed by atoms with Crippen LogP contribution < -0.4 is 10.2 Å². The number of fused-ring (bicyclic) bond motifs is 1. The van der Waals surface area contributed by atoms with Gasteiger partial charge in [0.25, 0.3) is 0 Å². The van der Waals surface area contributed by atoms with Crippen LogP contribution >= 0.6 is 0 Å². The van der Waals surface area contributed by atoms with Crippen molar-refractivity contribution < 1.29 is 9.90 Å². The fourth-order valence-corrected chi connectivity index (χ4v) is 5.13. The second-order valence-electron chi connectivity index (χ2n) is 10.3. The van der Waals surface area contributed by atoms with Gasteiger partial charge in [-0.2, -0.15) is 10.2 Å². The molecule has 2 N–H and O–H groups in total. The zero-order valence-electron chi connectivity index (χ0n) is 24.5. The molecular formula is C31H37N9O2. The summed E-state index contributed by atoms with van der Waals surface area (Å²) in [4.78, 5) is 23.3. The van der Waals surface area contributed by atoms with E-state index in [4.69, 9.17) is 10.2 Å². The summed E-state index contributed by atoms with van der Waals surface area (Å²) in [5, 5.41) is 22.3. The average Bonchev–Trinajstić information content (AvgIpc) is 3.58. The third kappa shape index (κ3) is 6.32. The monoisotopic (exact) mass is 567 g/mol. The number of nitrogens with zero attached hydrogens (tertiary/aromatic N) is 8. The molecule has 1 aliphatic rings. The van der Waals surface area contributed by atoms with Gasteiger partial charge in [0.15, 0.2) is 5.65 Å². The van der Waals surface area contributed by atoms with E-state index in [1.807, 2.05) is 48.5 Å². The van der Waals surface area contributed by atoms with Crippen LogP contribution in [-0.4, -0.2) is 92.0 Å². The first-order valence-electron chi connectivity index (χ1n) is 14.0. The molecule has 0 amide bonds. The number of anilines is 2. The molecule has 1 saturated heterocycles. The van der Waals surface area contributed by atoms with Gasteiger partial charge >= 0.3 is 0 Å². The third-order valence-electron chi connectivity index (χ3n) is 7.32. The van der Waals surface area contributed by atoms with Gasteiger partial charge < -0.3 is 15.3 Å². The number of aryl methyl sites for hydroxylation is 3. The minimum absolute atomic E-state index is 0.192. The number of nitrogens with one attached hydrogen (secondary N) is 1. The molecule has 0 unspecified atom stereocenters. The number of aliphatic hydroxyl groups excluding tert-OH is 1. The van der Waals surface area contributed by atoms with E-state index in [9.17, 15) is 9.90 Å². The molecule has 6 rings (SSSR count). The van der Waals surface area contributed by atoms with E-state index in [2.05, 4.69) is 56.3 Å². The molecule has 0 saturated carbocycles. The van der Waals surface area contributed by atoms with Gasteiger partial charge in [0.2, 0.25) is 0 Å². The first-order valence-corrected chi connectivity index (χ1v) is 14.0. The molecular weight excluding hydrogens is 530 g/mol. The molecule has 1 aliphatic heterocycles. The van der Waals surface area contributed by atoms with E-state index < -0.39 is 0 Å². The maximum absolute atomic E-state index is 10.1.